The Bertz CT molecular complexity index is 1100. The number of ether oxygens (including phenoxy) is 1. The molecule has 4 aromatic rings. The minimum absolute atomic E-state index is 0.0291. The van der Waals surface area contributed by atoms with Crippen molar-refractivity contribution in [1.82, 2.24) is 9.55 Å². The number of nitrogens with zero attached hydrogens (tertiary/aromatic N) is 2. The van der Waals surface area contributed by atoms with E-state index in [0.29, 0.717) is 13.0 Å². The van der Waals surface area contributed by atoms with E-state index in [0.717, 1.165) is 34.7 Å². The Morgan fingerprint density at radius 3 is 2.45 bits per heavy atom. The van der Waals surface area contributed by atoms with E-state index < -0.39 is 0 Å². The zero-order chi connectivity index (χ0) is 20.1. The number of aryl methyl sites for hydroxylation is 1. The summed E-state index contributed by atoms with van der Waals surface area (Å²) in [7, 11) is 1.62. The molecule has 0 unspecified atom stereocenters. The van der Waals surface area contributed by atoms with Gasteiger partial charge in [-0.1, -0.05) is 42.5 Å². The molecule has 0 saturated carbocycles. The Morgan fingerprint density at radius 1 is 0.966 bits per heavy atom. The van der Waals surface area contributed by atoms with E-state index in [2.05, 4.69) is 28.1 Å². The minimum atomic E-state index is -0.0291. The van der Waals surface area contributed by atoms with Gasteiger partial charge in [-0.05, 0) is 42.0 Å². The van der Waals surface area contributed by atoms with Crippen molar-refractivity contribution in [3.63, 3.8) is 0 Å². The molecule has 1 aromatic heterocycles. The lowest BCUT2D eigenvalue weighted by Crippen LogP contribution is -2.15. The summed E-state index contributed by atoms with van der Waals surface area (Å²) in [5.41, 5.74) is 3.97. The van der Waals surface area contributed by atoms with Gasteiger partial charge in [-0.15, -0.1) is 0 Å². The number of amides is 1. The molecule has 3 aromatic carbocycles. The number of hydrogen-bond donors (Lipinski definition) is 1. The van der Waals surface area contributed by atoms with Crippen molar-refractivity contribution in [2.75, 3.05) is 12.4 Å². The maximum Gasteiger partial charge on any atom is 0.226 e. The van der Waals surface area contributed by atoms with Gasteiger partial charge in [0, 0.05) is 25.1 Å². The number of methoxy groups -OCH3 is 1. The van der Waals surface area contributed by atoms with Crippen molar-refractivity contribution < 1.29 is 9.53 Å². The van der Waals surface area contributed by atoms with Crippen molar-refractivity contribution in [3.8, 4) is 5.75 Å². The fraction of sp³-hybridized carbons (Fsp3) is 0.167. The first kappa shape index (κ1) is 18.7. The van der Waals surface area contributed by atoms with Gasteiger partial charge in [0.15, 0.2) is 0 Å². The third-order valence-electron chi connectivity index (χ3n) is 4.87. The van der Waals surface area contributed by atoms with Gasteiger partial charge in [0.2, 0.25) is 5.91 Å². The number of aromatic nitrogens is 2. The minimum Gasteiger partial charge on any atom is -0.497 e. The molecule has 29 heavy (non-hydrogen) atoms. The van der Waals surface area contributed by atoms with Gasteiger partial charge in [-0.3, -0.25) is 4.79 Å². The van der Waals surface area contributed by atoms with Crippen LogP contribution in [0.5, 0.6) is 5.75 Å². The number of imidazole rings is 1. The van der Waals surface area contributed by atoms with E-state index in [-0.39, 0.29) is 5.91 Å². The first-order valence-corrected chi connectivity index (χ1v) is 9.65. The van der Waals surface area contributed by atoms with Crippen molar-refractivity contribution >= 4 is 22.6 Å². The van der Waals surface area contributed by atoms with Gasteiger partial charge in [0.05, 0.1) is 18.1 Å². The SMILES string of the molecule is COc1ccc(NC(=O)CCn2c(Cc3ccccc3)nc3ccccc32)cc1. The van der Waals surface area contributed by atoms with Crippen LogP contribution >= 0.6 is 0 Å². The van der Waals surface area contributed by atoms with Gasteiger partial charge in [0.25, 0.3) is 0 Å². The normalized spacial score (nSPS) is 10.8. The molecule has 0 aliphatic rings. The van der Waals surface area contributed by atoms with Gasteiger partial charge >= 0.3 is 0 Å². The Morgan fingerprint density at radius 2 is 1.69 bits per heavy atom. The van der Waals surface area contributed by atoms with E-state index >= 15 is 0 Å². The number of anilines is 1. The smallest absolute Gasteiger partial charge is 0.226 e. The van der Waals surface area contributed by atoms with Crippen molar-refractivity contribution in [2.45, 2.75) is 19.4 Å². The van der Waals surface area contributed by atoms with E-state index in [4.69, 9.17) is 9.72 Å². The summed E-state index contributed by atoms with van der Waals surface area (Å²) >= 11 is 0. The Kier molecular flexibility index (Phi) is 5.56. The molecule has 0 radical (unpaired) electrons. The molecule has 146 valence electrons. The molecule has 1 heterocycles. The predicted octanol–water partition coefficient (Wildman–Crippen LogP) is 4.66. The highest BCUT2D eigenvalue weighted by Crippen LogP contribution is 2.20. The van der Waals surface area contributed by atoms with Crippen LogP contribution in [0.15, 0.2) is 78.9 Å². The zero-order valence-corrected chi connectivity index (χ0v) is 16.3. The fourth-order valence-electron chi connectivity index (χ4n) is 3.40. The summed E-state index contributed by atoms with van der Waals surface area (Å²) < 4.78 is 7.30. The summed E-state index contributed by atoms with van der Waals surface area (Å²) in [6.07, 6.45) is 1.10. The Balaban J connectivity index is 1.50. The second-order valence-electron chi connectivity index (χ2n) is 6.86. The summed E-state index contributed by atoms with van der Waals surface area (Å²) in [6.45, 7) is 0.574. The zero-order valence-electron chi connectivity index (χ0n) is 16.3. The molecule has 0 aliphatic heterocycles. The molecular formula is C24H23N3O2. The average Bonchev–Trinajstić information content (AvgIpc) is 3.10. The van der Waals surface area contributed by atoms with Gasteiger partial charge in [-0.25, -0.2) is 4.98 Å². The summed E-state index contributed by atoms with van der Waals surface area (Å²) in [5, 5.41) is 2.94. The highest BCUT2D eigenvalue weighted by molar-refractivity contribution is 5.90. The number of carbonyl (C=O) groups excluding carboxylic acids is 1. The first-order valence-electron chi connectivity index (χ1n) is 9.65. The van der Waals surface area contributed by atoms with Gasteiger partial charge < -0.3 is 14.6 Å². The summed E-state index contributed by atoms with van der Waals surface area (Å²) in [4.78, 5) is 17.3. The maximum atomic E-state index is 12.5. The fourth-order valence-corrected chi connectivity index (χ4v) is 3.40. The molecular weight excluding hydrogens is 362 g/mol. The third kappa shape index (κ3) is 4.46. The monoisotopic (exact) mass is 385 g/mol. The average molecular weight is 385 g/mol. The van der Waals surface area contributed by atoms with Crippen LogP contribution in [0.25, 0.3) is 11.0 Å². The molecule has 0 spiro atoms. The van der Waals surface area contributed by atoms with Crippen molar-refractivity contribution in [3.05, 3.63) is 90.3 Å². The molecule has 4 rings (SSSR count). The van der Waals surface area contributed by atoms with Crippen LogP contribution in [0.1, 0.15) is 17.8 Å². The van der Waals surface area contributed by atoms with Crippen LogP contribution in [-0.2, 0) is 17.8 Å². The van der Waals surface area contributed by atoms with E-state index in [1.807, 2.05) is 60.7 Å². The first-order chi connectivity index (χ1) is 14.2. The molecule has 1 amide bonds. The van der Waals surface area contributed by atoms with E-state index in [1.54, 1.807) is 7.11 Å². The van der Waals surface area contributed by atoms with Crippen LogP contribution in [0.3, 0.4) is 0 Å². The van der Waals surface area contributed by atoms with Crippen molar-refractivity contribution in [1.29, 1.82) is 0 Å². The second-order valence-corrected chi connectivity index (χ2v) is 6.86. The van der Waals surface area contributed by atoms with Crippen LogP contribution in [0.4, 0.5) is 5.69 Å². The van der Waals surface area contributed by atoms with Crippen LogP contribution in [-0.4, -0.2) is 22.6 Å². The Hall–Kier alpha value is -3.60. The number of para-hydroxylation sites is 2. The molecule has 0 aliphatic carbocycles. The van der Waals surface area contributed by atoms with Crippen molar-refractivity contribution in [2.24, 2.45) is 0 Å². The topological polar surface area (TPSA) is 56.1 Å². The summed E-state index contributed by atoms with van der Waals surface area (Å²) in [6, 6.07) is 25.7. The van der Waals surface area contributed by atoms with Gasteiger partial charge in [0.1, 0.15) is 11.6 Å². The largest absolute Gasteiger partial charge is 0.497 e. The maximum absolute atomic E-state index is 12.5. The molecule has 0 bridgehead atoms. The number of hydrogen-bond acceptors (Lipinski definition) is 3. The second kappa shape index (κ2) is 8.61. The number of nitrogens with one attached hydrogen (secondary N) is 1. The van der Waals surface area contributed by atoms with Crippen LogP contribution in [0, 0.1) is 0 Å². The molecule has 5 nitrogen and oxygen atoms in total. The Labute approximate surface area is 170 Å². The summed E-state index contributed by atoms with van der Waals surface area (Å²) in [5.74, 6) is 1.70. The number of benzene rings is 3. The molecule has 0 saturated heterocycles. The van der Waals surface area contributed by atoms with Crippen LogP contribution < -0.4 is 10.1 Å². The predicted molar refractivity (Wildman–Crippen MR) is 115 cm³/mol. The lowest BCUT2D eigenvalue weighted by molar-refractivity contribution is -0.116. The number of carbonyl (C=O) groups is 1. The molecule has 0 fully saturated rings. The standard InChI is InChI=1S/C24H23N3O2/c1-29-20-13-11-19(12-14-20)25-24(28)15-16-27-22-10-6-5-9-21(22)26-23(27)17-18-7-3-2-4-8-18/h2-14H,15-17H2,1H3,(H,25,28). The van der Waals surface area contributed by atoms with Gasteiger partial charge in [-0.2, -0.15) is 0 Å². The van der Waals surface area contributed by atoms with E-state index in [1.165, 1.54) is 5.56 Å². The molecule has 5 heteroatoms. The number of fused-ring (bicyclic) bond motifs is 1. The van der Waals surface area contributed by atoms with E-state index in [9.17, 15) is 4.79 Å². The lowest BCUT2D eigenvalue weighted by Gasteiger charge is -2.10. The molecule has 1 N–H and O–H groups in total. The number of rotatable bonds is 7. The quantitative estimate of drug-likeness (QED) is 0.503. The van der Waals surface area contributed by atoms with Crippen LogP contribution in [0.2, 0.25) is 0 Å². The molecule has 0 atom stereocenters. The highest BCUT2D eigenvalue weighted by Gasteiger charge is 2.12. The lowest BCUT2D eigenvalue weighted by atomic mass is 10.1. The third-order valence-corrected chi connectivity index (χ3v) is 4.87. The highest BCUT2D eigenvalue weighted by atomic mass is 16.5.